The number of aryl methyl sites for hydroxylation is 1. The van der Waals surface area contributed by atoms with Crippen molar-refractivity contribution in [1.82, 2.24) is 15.2 Å². The van der Waals surface area contributed by atoms with Crippen molar-refractivity contribution in [2.45, 2.75) is 32.2 Å². The van der Waals surface area contributed by atoms with Crippen molar-refractivity contribution >= 4 is 0 Å². The second-order valence-corrected chi connectivity index (χ2v) is 3.58. The van der Waals surface area contributed by atoms with Gasteiger partial charge in [0.2, 0.25) is 0 Å². The third-order valence-corrected chi connectivity index (χ3v) is 2.55. The Morgan fingerprint density at radius 1 is 1.67 bits per heavy atom. The van der Waals surface area contributed by atoms with Crippen molar-refractivity contribution in [3.05, 3.63) is 11.9 Å². The molecule has 0 spiro atoms. The third-order valence-electron chi connectivity index (χ3n) is 2.55. The van der Waals surface area contributed by atoms with Gasteiger partial charge in [-0.3, -0.25) is 16.0 Å². The zero-order valence-electron chi connectivity index (χ0n) is 9.66. The number of nitrogens with two attached hydrogens (primary N) is 1. The molecule has 0 fully saturated rings. The maximum Gasteiger partial charge on any atom is 0.161 e. The average molecular weight is 212 g/mol. The van der Waals surface area contributed by atoms with Crippen LogP contribution in [0.3, 0.4) is 0 Å². The molecule has 0 amide bonds. The van der Waals surface area contributed by atoms with Crippen molar-refractivity contribution in [3.63, 3.8) is 0 Å². The Morgan fingerprint density at radius 2 is 2.40 bits per heavy atom. The van der Waals surface area contributed by atoms with Crippen LogP contribution in [-0.2, 0) is 7.05 Å². The van der Waals surface area contributed by atoms with Crippen molar-refractivity contribution < 1.29 is 4.74 Å². The first-order valence-corrected chi connectivity index (χ1v) is 5.26. The van der Waals surface area contributed by atoms with E-state index >= 15 is 0 Å². The lowest BCUT2D eigenvalue weighted by molar-refractivity contribution is 0.387. The highest BCUT2D eigenvalue weighted by Crippen LogP contribution is 2.26. The van der Waals surface area contributed by atoms with Crippen molar-refractivity contribution in [2.24, 2.45) is 12.9 Å². The fourth-order valence-electron chi connectivity index (χ4n) is 1.69. The van der Waals surface area contributed by atoms with E-state index in [1.807, 2.05) is 7.05 Å². The monoisotopic (exact) mass is 212 g/mol. The van der Waals surface area contributed by atoms with Crippen LogP contribution in [0.4, 0.5) is 0 Å². The number of methoxy groups -OCH3 is 1. The molecule has 0 aromatic carbocycles. The van der Waals surface area contributed by atoms with Gasteiger partial charge in [-0.1, -0.05) is 19.8 Å². The number of unbranched alkanes of at least 4 members (excludes halogenated alkanes) is 1. The average Bonchev–Trinajstić information content (AvgIpc) is 2.62. The van der Waals surface area contributed by atoms with Crippen molar-refractivity contribution in [3.8, 4) is 5.75 Å². The van der Waals surface area contributed by atoms with Crippen LogP contribution >= 0.6 is 0 Å². The predicted octanol–water partition coefficient (Wildman–Crippen LogP) is 1.12. The summed E-state index contributed by atoms with van der Waals surface area (Å²) >= 11 is 0. The molecule has 86 valence electrons. The van der Waals surface area contributed by atoms with Crippen LogP contribution in [0.1, 0.15) is 37.9 Å². The molecule has 5 nitrogen and oxygen atoms in total. The maximum atomic E-state index is 5.55. The molecule has 0 aliphatic carbocycles. The van der Waals surface area contributed by atoms with Gasteiger partial charge in [0.25, 0.3) is 0 Å². The summed E-state index contributed by atoms with van der Waals surface area (Å²) in [5.41, 5.74) is 3.82. The lowest BCUT2D eigenvalue weighted by Crippen LogP contribution is -2.29. The summed E-state index contributed by atoms with van der Waals surface area (Å²) < 4.78 is 7.05. The molecule has 1 heterocycles. The fraction of sp³-hybridized carbons (Fsp3) is 0.700. The molecule has 1 aromatic heterocycles. The van der Waals surface area contributed by atoms with E-state index in [0.29, 0.717) is 0 Å². The highest BCUT2D eigenvalue weighted by Gasteiger charge is 2.18. The number of hydrogen-bond donors (Lipinski definition) is 2. The minimum atomic E-state index is 0.104. The minimum Gasteiger partial charge on any atom is -0.493 e. The molecule has 5 heteroatoms. The zero-order valence-corrected chi connectivity index (χ0v) is 9.66. The number of hydrogen-bond acceptors (Lipinski definition) is 4. The van der Waals surface area contributed by atoms with Crippen molar-refractivity contribution in [2.75, 3.05) is 7.11 Å². The first-order chi connectivity index (χ1) is 7.24. The topological polar surface area (TPSA) is 65.1 Å². The molecule has 15 heavy (non-hydrogen) atoms. The number of ether oxygens (including phenoxy) is 1. The Bertz CT molecular complexity index is 298. The van der Waals surface area contributed by atoms with E-state index in [9.17, 15) is 0 Å². The normalized spacial score (nSPS) is 12.8. The van der Waals surface area contributed by atoms with Gasteiger partial charge in [-0.05, 0) is 6.42 Å². The summed E-state index contributed by atoms with van der Waals surface area (Å²) in [5.74, 6) is 6.34. The number of nitrogens with zero attached hydrogens (tertiary/aromatic N) is 2. The van der Waals surface area contributed by atoms with Crippen LogP contribution < -0.4 is 16.0 Å². The van der Waals surface area contributed by atoms with E-state index in [2.05, 4.69) is 17.4 Å². The summed E-state index contributed by atoms with van der Waals surface area (Å²) in [7, 11) is 3.54. The van der Waals surface area contributed by atoms with Gasteiger partial charge in [-0.25, -0.2) is 0 Å². The van der Waals surface area contributed by atoms with E-state index in [1.54, 1.807) is 18.0 Å². The molecule has 0 radical (unpaired) electrons. The summed E-state index contributed by atoms with van der Waals surface area (Å²) in [5, 5.41) is 4.16. The summed E-state index contributed by atoms with van der Waals surface area (Å²) in [6, 6.07) is 0.104. The highest BCUT2D eigenvalue weighted by molar-refractivity contribution is 5.27. The molecule has 0 bridgehead atoms. The van der Waals surface area contributed by atoms with Crippen LogP contribution in [-0.4, -0.2) is 16.9 Å². The fourth-order valence-corrected chi connectivity index (χ4v) is 1.69. The molecule has 3 N–H and O–H groups in total. The molecule has 1 rings (SSSR count). The Balaban J connectivity index is 2.84. The molecule has 0 saturated carbocycles. The quantitative estimate of drug-likeness (QED) is 0.548. The van der Waals surface area contributed by atoms with Gasteiger partial charge in [0, 0.05) is 7.05 Å². The lowest BCUT2D eigenvalue weighted by atomic mass is 10.1. The van der Waals surface area contributed by atoms with Gasteiger partial charge in [0.15, 0.2) is 5.75 Å². The number of aromatic nitrogens is 2. The van der Waals surface area contributed by atoms with E-state index in [4.69, 9.17) is 10.6 Å². The molecule has 1 unspecified atom stereocenters. The Kier molecular flexibility index (Phi) is 4.58. The van der Waals surface area contributed by atoms with Gasteiger partial charge in [-0.15, -0.1) is 0 Å². The van der Waals surface area contributed by atoms with Gasteiger partial charge in [0.05, 0.1) is 25.0 Å². The first kappa shape index (κ1) is 12.0. The largest absolute Gasteiger partial charge is 0.493 e. The summed E-state index contributed by atoms with van der Waals surface area (Å²) in [4.78, 5) is 0. The highest BCUT2D eigenvalue weighted by atomic mass is 16.5. The summed E-state index contributed by atoms with van der Waals surface area (Å²) in [6.07, 6.45) is 4.98. The first-order valence-electron chi connectivity index (χ1n) is 5.26. The molecule has 0 saturated heterocycles. The van der Waals surface area contributed by atoms with Crippen molar-refractivity contribution in [1.29, 1.82) is 0 Å². The van der Waals surface area contributed by atoms with Crippen LogP contribution in [0.2, 0.25) is 0 Å². The molecular formula is C10H20N4O. The second-order valence-electron chi connectivity index (χ2n) is 3.58. The predicted molar refractivity (Wildman–Crippen MR) is 59.3 cm³/mol. The van der Waals surface area contributed by atoms with Gasteiger partial charge in [0.1, 0.15) is 0 Å². The second kappa shape index (κ2) is 5.72. The van der Waals surface area contributed by atoms with Gasteiger partial charge < -0.3 is 4.74 Å². The molecule has 0 aliphatic rings. The number of nitrogens with one attached hydrogen (secondary N) is 1. The van der Waals surface area contributed by atoms with E-state index < -0.39 is 0 Å². The SMILES string of the molecule is CCCCC(NN)c1c(OC)cnn1C. The number of hydrazine groups is 1. The lowest BCUT2D eigenvalue weighted by Gasteiger charge is -2.17. The van der Waals surface area contributed by atoms with Crippen LogP contribution in [0.15, 0.2) is 6.20 Å². The Labute approximate surface area is 90.6 Å². The maximum absolute atomic E-state index is 5.55. The van der Waals surface area contributed by atoms with E-state index in [-0.39, 0.29) is 6.04 Å². The zero-order chi connectivity index (χ0) is 11.3. The van der Waals surface area contributed by atoms with E-state index in [0.717, 1.165) is 30.7 Å². The van der Waals surface area contributed by atoms with Gasteiger partial charge >= 0.3 is 0 Å². The molecular weight excluding hydrogens is 192 g/mol. The van der Waals surface area contributed by atoms with Crippen LogP contribution in [0, 0.1) is 0 Å². The third kappa shape index (κ3) is 2.70. The number of rotatable bonds is 6. The Hall–Kier alpha value is -1.07. The van der Waals surface area contributed by atoms with Gasteiger partial charge in [-0.2, -0.15) is 5.10 Å². The Morgan fingerprint density at radius 3 is 2.93 bits per heavy atom. The molecule has 1 atom stereocenters. The van der Waals surface area contributed by atoms with E-state index in [1.165, 1.54) is 0 Å². The summed E-state index contributed by atoms with van der Waals surface area (Å²) in [6.45, 7) is 2.16. The molecule has 1 aromatic rings. The molecule has 0 aliphatic heterocycles. The smallest absolute Gasteiger partial charge is 0.161 e. The van der Waals surface area contributed by atoms with Crippen LogP contribution in [0.5, 0.6) is 5.75 Å². The standard InChI is InChI=1S/C10H20N4O/c1-4-5-6-8(13-11)10-9(15-3)7-12-14(10)2/h7-8,13H,4-6,11H2,1-3H3. The minimum absolute atomic E-state index is 0.104. The van der Waals surface area contributed by atoms with Crippen LogP contribution in [0.25, 0.3) is 0 Å².